The highest BCUT2D eigenvalue weighted by Gasteiger charge is 2.23. The molecule has 0 spiro atoms. The van der Waals surface area contributed by atoms with Crippen molar-refractivity contribution in [2.45, 2.75) is 24.1 Å². The summed E-state index contributed by atoms with van der Waals surface area (Å²) >= 11 is 1.63. The van der Waals surface area contributed by atoms with Crippen LogP contribution < -0.4 is 17.3 Å². The Balaban J connectivity index is 0.00000243. The average Bonchev–Trinajstić information content (AvgIpc) is 2.95. The highest BCUT2D eigenvalue weighted by molar-refractivity contribution is 7.98. The van der Waals surface area contributed by atoms with E-state index in [9.17, 15) is 9.90 Å². The van der Waals surface area contributed by atoms with Gasteiger partial charge in [0, 0.05) is 10.3 Å². The third kappa shape index (κ3) is 4.23. The number of ketones is 1. The first-order chi connectivity index (χ1) is 12.0. The first kappa shape index (κ1) is 20.4. The van der Waals surface area contributed by atoms with Gasteiger partial charge in [0.25, 0.3) is 0 Å². The molecule has 3 rings (SSSR count). The van der Waals surface area contributed by atoms with E-state index in [2.05, 4.69) is 0 Å². The molecule has 0 bridgehead atoms. The second-order valence-corrected chi connectivity index (χ2v) is 7.43. The Bertz CT molecular complexity index is 906. The predicted octanol–water partition coefficient (Wildman–Crippen LogP) is 0.282. The minimum atomic E-state index is -0.0389. The molecule has 0 radical (unpaired) electrons. The van der Waals surface area contributed by atoms with Crippen LogP contribution in [0.4, 0.5) is 0 Å². The summed E-state index contributed by atoms with van der Waals surface area (Å²) < 4.78 is 6.00. The van der Waals surface area contributed by atoms with Crippen LogP contribution in [-0.4, -0.2) is 25.0 Å². The first-order valence-corrected chi connectivity index (χ1v) is 9.20. The number of carbonyl (C=O) groups is 1. The molecule has 0 fully saturated rings. The van der Waals surface area contributed by atoms with Gasteiger partial charge in [-0.1, -0.05) is 18.2 Å². The Morgan fingerprint density at radius 3 is 2.46 bits per heavy atom. The number of fused-ring (bicyclic) bond motifs is 1. The van der Waals surface area contributed by atoms with Gasteiger partial charge in [-0.2, -0.15) is 0 Å². The number of aromatic hydroxyl groups is 1. The number of phenolic OH excluding ortho intramolecular Hbond substituents is 1. The maximum Gasteiger partial charge on any atom is 0.163 e. The number of thioether (sulfide) groups is 1. The van der Waals surface area contributed by atoms with Gasteiger partial charge in [-0.15, -0.1) is 11.8 Å². The monoisotopic (exact) mass is 391 g/mol. The lowest BCUT2D eigenvalue weighted by atomic mass is 10.0. The fourth-order valence-corrected chi connectivity index (χ4v) is 3.82. The predicted molar refractivity (Wildman–Crippen MR) is 100 cm³/mol. The topological polar surface area (TPSA) is 54.9 Å². The van der Waals surface area contributed by atoms with Crippen LogP contribution >= 0.6 is 11.8 Å². The Hall–Kier alpha value is -1.95. The fraction of sp³-hybridized carbons (Fsp3) is 0.250. The molecule has 4 nitrogen and oxygen atoms in total. The van der Waals surface area contributed by atoms with E-state index in [0.717, 1.165) is 15.8 Å². The van der Waals surface area contributed by atoms with Gasteiger partial charge in [0.05, 0.1) is 31.0 Å². The second-order valence-electron chi connectivity index (χ2n) is 6.38. The molecule has 0 unspecified atom stereocenters. The molecule has 0 aliphatic rings. The lowest BCUT2D eigenvalue weighted by Gasteiger charge is -2.10. The zero-order valence-electron chi connectivity index (χ0n) is 15.0. The van der Waals surface area contributed by atoms with Crippen LogP contribution in [0.25, 0.3) is 11.0 Å². The summed E-state index contributed by atoms with van der Waals surface area (Å²) in [4.78, 5) is 14.6. The largest absolute Gasteiger partial charge is 1.00 e. The molecule has 6 heteroatoms. The minimum absolute atomic E-state index is 0. The fourth-order valence-electron chi connectivity index (χ4n) is 2.97. The summed E-state index contributed by atoms with van der Waals surface area (Å²) in [6, 6.07) is 13.4. The smallest absolute Gasteiger partial charge is 0.163 e. The molecule has 1 heterocycles. The van der Waals surface area contributed by atoms with E-state index in [1.165, 1.54) is 4.90 Å². The summed E-state index contributed by atoms with van der Waals surface area (Å²) in [5, 5.41) is 11.1. The summed E-state index contributed by atoms with van der Waals surface area (Å²) in [5.74, 6) is 1.40. The van der Waals surface area contributed by atoms with Crippen molar-refractivity contribution in [3.8, 4) is 5.75 Å². The molecule has 1 aromatic heterocycles. The molecule has 138 valence electrons. The van der Waals surface area contributed by atoms with E-state index in [4.69, 9.17) is 4.42 Å². The van der Waals surface area contributed by atoms with Gasteiger partial charge in [0.15, 0.2) is 5.78 Å². The highest BCUT2D eigenvalue weighted by atomic mass is 35.5. The number of benzene rings is 2. The molecule has 3 aromatic rings. The van der Waals surface area contributed by atoms with Crippen LogP contribution in [0.3, 0.4) is 0 Å². The number of nitrogens with one attached hydrogen (secondary N) is 1. The SMILES string of the molecule is CC(=O)c1c(CSc2ccccc2)oc2ccc(O)c(C[NH+](C)C)c12.[Cl-]. The van der Waals surface area contributed by atoms with Crippen molar-refractivity contribution in [2.75, 3.05) is 14.1 Å². The van der Waals surface area contributed by atoms with E-state index in [-0.39, 0.29) is 23.9 Å². The molecule has 26 heavy (non-hydrogen) atoms. The van der Waals surface area contributed by atoms with Crippen LogP contribution in [0.1, 0.15) is 28.6 Å². The van der Waals surface area contributed by atoms with Crippen molar-refractivity contribution < 1.29 is 31.6 Å². The minimum Gasteiger partial charge on any atom is -1.00 e. The zero-order chi connectivity index (χ0) is 18.0. The quantitative estimate of drug-likeness (QED) is 0.468. The molecule has 0 aliphatic heterocycles. The number of hydrogen-bond donors (Lipinski definition) is 2. The Kier molecular flexibility index (Phi) is 6.75. The molecule has 0 aliphatic carbocycles. The van der Waals surface area contributed by atoms with Gasteiger partial charge >= 0.3 is 0 Å². The standard InChI is InChI=1S/C20H21NO3S.ClH/c1-13(22)19-18(12-25-14-7-5-4-6-8-14)24-17-10-9-16(23)15(20(17)19)11-21(2)3;/h4-10,23H,11-12H2,1-3H3;1H. The summed E-state index contributed by atoms with van der Waals surface area (Å²) in [7, 11) is 4.02. The van der Waals surface area contributed by atoms with Gasteiger partial charge in [-0.25, -0.2) is 0 Å². The molecule has 0 saturated carbocycles. The van der Waals surface area contributed by atoms with Crippen molar-refractivity contribution in [3.63, 3.8) is 0 Å². The number of rotatable bonds is 6. The van der Waals surface area contributed by atoms with E-state index >= 15 is 0 Å². The van der Waals surface area contributed by atoms with Gasteiger partial charge in [0.1, 0.15) is 23.6 Å². The maximum atomic E-state index is 12.3. The third-order valence-electron chi connectivity index (χ3n) is 4.01. The molecular weight excluding hydrogens is 370 g/mol. The van der Waals surface area contributed by atoms with E-state index in [1.807, 2.05) is 44.4 Å². The third-order valence-corrected chi connectivity index (χ3v) is 5.02. The normalized spacial score (nSPS) is 10.9. The Labute approximate surface area is 163 Å². The number of carbonyl (C=O) groups excluding carboxylic acids is 1. The van der Waals surface area contributed by atoms with Crippen molar-refractivity contribution in [3.05, 3.63) is 59.4 Å². The van der Waals surface area contributed by atoms with Gasteiger partial charge in [-0.05, 0) is 31.2 Å². The van der Waals surface area contributed by atoms with Crippen LogP contribution in [0, 0.1) is 0 Å². The maximum absolute atomic E-state index is 12.3. The number of phenols is 1. The van der Waals surface area contributed by atoms with Crippen LogP contribution in [0.5, 0.6) is 5.75 Å². The highest BCUT2D eigenvalue weighted by Crippen LogP contribution is 2.36. The lowest BCUT2D eigenvalue weighted by Crippen LogP contribution is -3.04. The van der Waals surface area contributed by atoms with Gasteiger partial charge < -0.3 is 26.8 Å². The Morgan fingerprint density at radius 2 is 1.85 bits per heavy atom. The van der Waals surface area contributed by atoms with Crippen molar-refractivity contribution in [1.82, 2.24) is 0 Å². The number of Topliss-reactive ketones (excluding diaryl/α,β-unsaturated/α-hetero) is 1. The summed E-state index contributed by atoms with van der Waals surface area (Å²) in [5.41, 5.74) is 2.01. The van der Waals surface area contributed by atoms with Gasteiger partial charge in [0.2, 0.25) is 0 Å². The number of halogens is 1. The van der Waals surface area contributed by atoms with E-state index in [0.29, 0.717) is 29.2 Å². The van der Waals surface area contributed by atoms with Crippen molar-refractivity contribution in [2.24, 2.45) is 0 Å². The molecule has 2 N–H and O–H groups in total. The lowest BCUT2D eigenvalue weighted by molar-refractivity contribution is -0.872. The summed E-state index contributed by atoms with van der Waals surface area (Å²) in [6.07, 6.45) is 0. The molecule has 0 amide bonds. The van der Waals surface area contributed by atoms with Crippen LogP contribution in [-0.2, 0) is 12.3 Å². The van der Waals surface area contributed by atoms with Crippen LogP contribution in [0.2, 0.25) is 0 Å². The molecule has 0 saturated heterocycles. The second kappa shape index (κ2) is 8.62. The van der Waals surface area contributed by atoms with E-state index in [1.54, 1.807) is 30.8 Å². The number of quaternary nitrogens is 1. The molecular formula is C20H22ClNO3S. The number of furan rings is 1. The van der Waals surface area contributed by atoms with Crippen molar-refractivity contribution >= 4 is 28.5 Å². The van der Waals surface area contributed by atoms with E-state index < -0.39 is 0 Å². The van der Waals surface area contributed by atoms with Gasteiger partial charge in [-0.3, -0.25) is 4.79 Å². The first-order valence-electron chi connectivity index (χ1n) is 8.21. The molecule has 2 aromatic carbocycles. The van der Waals surface area contributed by atoms with Crippen molar-refractivity contribution in [1.29, 1.82) is 0 Å². The number of hydrogen-bond acceptors (Lipinski definition) is 4. The Morgan fingerprint density at radius 1 is 1.15 bits per heavy atom. The average molecular weight is 392 g/mol. The molecule has 0 atom stereocenters. The summed E-state index contributed by atoms with van der Waals surface area (Å²) in [6.45, 7) is 2.17. The zero-order valence-corrected chi connectivity index (χ0v) is 16.6. The van der Waals surface area contributed by atoms with Crippen LogP contribution in [0.15, 0.2) is 51.8 Å².